The lowest BCUT2D eigenvalue weighted by Gasteiger charge is -2.37. The summed E-state index contributed by atoms with van der Waals surface area (Å²) in [6, 6.07) is 6.80. The molecule has 0 amide bonds. The van der Waals surface area contributed by atoms with Crippen LogP contribution in [0.25, 0.3) is 0 Å². The molecule has 1 unspecified atom stereocenters. The molecule has 94 valence electrons. The Hall–Kier alpha value is -0.580. The second-order valence-electron chi connectivity index (χ2n) is 4.72. The Labute approximate surface area is 106 Å². The third-order valence-electron chi connectivity index (χ3n) is 3.58. The van der Waals surface area contributed by atoms with Crippen molar-refractivity contribution in [2.75, 3.05) is 25.1 Å². The van der Waals surface area contributed by atoms with Crippen LogP contribution in [-0.4, -0.2) is 35.5 Å². The summed E-state index contributed by atoms with van der Waals surface area (Å²) in [5, 5.41) is 0. The molecule has 2 N–H and O–H groups in total. The number of nitrogens with zero attached hydrogens (tertiary/aromatic N) is 1. The minimum atomic E-state index is -0.168. The van der Waals surface area contributed by atoms with Crippen molar-refractivity contribution in [1.29, 1.82) is 0 Å². The SMILES string of the molecule is CN(Cc1cccc(F)c1)C1(CN)CCSC1. The minimum absolute atomic E-state index is 0.0942. The van der Waals surface area contributed by atoms with E-state index >= 15 is 0 Å². The molecular formula is C13H19FN2S. The molecule has 1 fully saturated rings. The van der Waals surface area contributed by atoms with E-state index in [9.17, 15) is 4.39 Å². The lowest BCUT2D eigenvalue weighted by Crippen LogP contribution is -2.51. The van der Waals surface area contributed by atoms with Gasteiger partial charge < -0.3 is 5.73 Å². The van der Waals surface area contributed by atoms with E-state index in [2.05, 4.69) is 11.9 Å². The Kier molecular flexibility index (Phi) is 4.07. The molecule has 0 aromatic heterocycles. The molecule has 2 nitrogen and oxygen atoms in total. The first-order valence-corrected chi connectivity index (χ1v) is 7.05. The Morgan fingerprint density at radius 2 is 2.35 bits per heavy atom. The summed E-state index contributed by atoms with van der Waals surface area (Å²) in [6.07, 6.45) is 1.12. The molecule has 2 rings (SSSR count). The maximum Gasteiger partial charge on any atom is 0.123 e. The summed E-state index contributed by atoms with van der Waals surface area (Å²) < 4.78 is 13.1. The van der Waals surface area contributed by atoms with E-state index < -0.39 is 0 Å². The van der Waals surface area contributed by atoms with E-state index in [-0.39, 0.29) is 11.4 Å². The molecule has 1 saturated heterocycles. The molecular weight excluding hydrogens is 235 g/mol. The third kappa shape index (κ3) is 2.81. The zero-order chi connectivity index (χ0) is 12.3. The van der Waals surface area contributed by atoms with Crippen LogP contribution in [0.1, 0.15) is 12.0 Å². The van der Waals surface area contributed by atoms with Gasteiger partial charge in [0.2, 0.25) is 0 Å². The van der Waals surface area contributed by atoms with Crippen LogP contribution >= 0.6 is 11.8 Å². The van der Waals surface area contributed by atoms with Crippen molar-refractivity contribution in [1.82, 2.24) is 4.90 Å². The second kappa shape index (κ2) is 5.38. The second-order valence-corrected chi connectivity index (χ2v) is 5.82. The van der Waals surface area contributed by atoms with E-state index in [1.54, 1.807) is 12.1 Å². The average Bonchev–Trinajstić information content (AvgIpc) is 2.78. The summed E-state index contributed by atoms with van der Waals surface area (Å²) in [7, 11) is 2.09. The Morgan fingerprint density at radius 3 is 2.94 bits per heavy atom. The first kappa shape index (κ1) is 12.9. The van der Waals surface area contributed by atoms with Crippen molar-refractivity contribution >= 4 is 11.8 Å². The highest BCUT2D eigenvalue weighted by molar-refractivity contribution is 7.99. The summed E-state index contributed by atoms with van der Waals surface area (Å²) in [6.45, 7) is 1.43. The van der Waals surface area contributed by atoms with E-state index in [0.29, 0.717) is 6.54 Å². The summed E-state index contributed by atoms with van der Waals surface area (Å²) in [4.78, 5) is 2.28. The Balaban J connectivity index is 2.07. The quantitative estimate of drug-likeness (QED) is 0.892. The molecule has 4 heteroatoms. The van der Waals surface area contributed by atoms with Gasteiger partial charge in [-0.1, -0.05) is 12.1 Å². The highest BCUT2D eigenvalue weighted by atomic mass is 32.2. The standard InChI is InChI=1S/C13H19FN2S/c1-16(13(9-15)5-6-17-10-13)8-11-3-2-4-12(14)7-11/h2-4,7H,5-6,8-10,15H2,1H3. The molecule has 1 aliphatic rings. The van der Waals surface area contributed by atoms with Gasteiger partial charge in [-0.05, 0) is 36.9 Å². The van der Waals surface area contributed by atoms with Crippen molar-refractivity contribution < 1.29 is 4.39 Å². The Bertz CT molecular complexity index is 377. The van der Waals surface area contributed by atoms with Crippen molar-refractivity contribution in [3.63, 3.8) is 0 Å². The van der Waals surface area contributed by atoms with Gasteiger partial charge in [0.1, 0.15) is 5.82 Å². The van der Waals surface area contributed by atoms with Gasteiger partial charge in [0.05, 0.1) is 0 Å². The first-order chi connectivity index (χ1) is 8.16. The minimum Gasteiger partial charge on any atom is -0.329 e. The van der Waals surface area contributed by atoms with Gasteiger partial charge in [-0.15, -0.1) is 0 Å². The molecule has 0 bridgehead atoms. The van der Waals surface area contributed by atoms with Gasteiger partial charge in [0, 0.05) is 24.4 Å². The smallest absolute Gasteiger partial charge is 0.123 e. The van der Waals surface area contributed by atoms with Crippen molar-refractivity contribution in [3.05, 3.63) is 35.6 Å². The number of benzene rings is 1. The molecule has 1 aliphatic heterocycles. The molecule has 17 heavy (non-hydrogen) atoms. The van der Waals surface area contributed by atoms with Crippen LogP contribution in [-0.2, 0) is 6.54 Å². The van der Waals surface area contributed by atoms with Crippen LogP contribution in [0.15, 0.2) is 24.3 Å². The highest BCUT2D eigenvalue weighted by Gasteiger charge is 2.36. The number of hydrogen-bond acceptors (Lipinski definition) is 3. The van der Waals surface area contributed by atoms with Crippen LogP contribution in [0.4, 0.5) is 4.39 Å². The molecule has 1 aromatic rings. The fourth-order valence-corrected chi connectivity index (χ4v) is 3.82. The average molecular weight is 254 g/mol. The van der Waals surface area contributed by atoms with Crippen LogP contribution in [0, 0.1) is 5.82 Å². The fourth-order valence-electron chi connectivity index (χ4n) is 2.29. The normalized spacial score (nSPS) is 24.5. The monoisotopic (exact) mass is 254 g/mol. The predicted molar refractivity (Wildman–Crippen MR) is 71.6 cm³/mol. The molecule has 0 aliphatic carbocycles. The van der Waals surface area contributed by atoms with E-state index in [1.165, 1.54) is 11.8 Å². The molecule has 1 heterocycles. The lowest BCUT2D eigenvalue weighted by atomic mass is 9.96. The molecule has 1 aromatic carbocycles. The van der Waals surface area contributed by atoms with Crippen LogP contribution in [0.5, 0.6) is 0 Å². The van der Waals surface area contributed by atoms with Gasteiger partial charge >= 0.3 is 0 Å². The summed E-state index contributed by atoms with van der Waals surface area (Å²) >= 11 is 1.95. The molecule has 1 atom stereocenters. The number of rotatable bonds is 4. The van der Waals surface area contributed by atoms with Gasteiger partial charge in [-0.3, -0.25) is 4.90 Å². The van der Waals surface area contributed by atoms with Crippen molar-refractivity contribution in [2.45, 2.75) is 18.5 Å². The van der Waals surface area contributed by atoms with Crippen LogP contribution in [0.3, 0.4) is 0 Å². The maximum atomic E-state index is 13.1. The molecule has 0 spiro atoms. The maximum absolute atomic E-state index is 13.1. The zero-order valence-corrected chi connectivity index (χ0v) is 11.0. The Morgan fingerprint density at radius 1 is 1.53 bits per heavy atom. The summed E-state index contributed by atoms with van der Waals surface area (Å²) in [5.74, 6) is 2.08. The van der Waals surface area contributed by atoms with E-state index in [4.69, 9.17) is 5.73 Å². The van der Waals surface area contributed by atoms with E-state index in [1.807, 2.05) is 17.8 Å². The first-order valence-electron chi connectivity index (χ1n) is 5.90. The van der Waals surface area contributed by atoms with Gasteiger partial charge in [0.25, 0.3) is 0 Å². The molecule has 0 saturated carbocycles. The highest BCUT2D eigenvalue weighted by Crippen LogP contribution is 2.32. The third-order valence-corrected chi connectivity index (χ3v) is 4.82. The van der Waals surface area contributed by atoms with Crippen LogP contribution in [0.2, 0.25) is 0 Å². The van der Waals surface area contributed by atoms with E-state index in [0.717, 1.165) is 24.3 Å². The predicted octanol–water partition coefficient (Wildman–Crippen LogP) is 2.09. The van der Waals surface area contributed by atoms with Gasteiger partial charge in [0.15, 0.2) is 0 Å². The summed E-state index contributed by atoms with van der Waals surface area (Å²) in [5.41, 5.74) is 7.03. The lowest BCUT2D eigenvalue weighted by molar-refractivity contribution is 0.143. The topological polar surface area (TPSA) is 29.3 Å². The van der Waals surface area contributed by atoms with Gasteiger partial charge in [-0.2, -0.15) is 11.8 Å². The fraction of sp³-hybridized carbons (Fsp3) is 0.538. The molecule has 0 radical (unpaired) electrons. The number of nitrogens with two attached hydrogens (primary N) is 1. The number of thioether (sulfide) groups is 1. The van der Waals surface area contributed by atoms with Crippen molar-refractivity contribution in [3.8, 4) is 0 Å². The van der Waals surface area contributed by atoms with Gasteiger partial charge in [-0.25, -0.2) is 4.39 Å². The largest absolute Gasteiger partial charge is 0.329 e. The zero-order valence-electron chi connectivity index (χ0n) is 10.2. The number of halogens is 1. The number of hydrogen-bond donors (Lipinski definition) is 1. The van der Waals surface area contributed by atoms with Crippen LogP contribution < -0.4 is 5.73 Å². The number of likely N-dealkylation sites (N-methyl/N-ethyl adjacent to an activating group) is 1. The van der Waals surface area contributed by atoms with Crippen molar-refractivity contribution in [2.24, 2.45) is 5.73 Å².